The second-order valence-corrected chi connectivity index (χ2v) is 13.8. The molecule has 0 radical (unpaired) electrons. The van der Waals surface area contributed by atoms with Crippen molar-refractivity contribution in [2.75, 3.05) is 0 Å². The number of aryl methyl sites for hydroxylation is 1. The zero-order chi connectivity index (χ0) is 36.8. The molecule has 1 amide bonds. The van der Waals surface area contributed by atoms with E-state index in [1.807, 2.05) is 13.0 Å². The summed E-state index contributed by atoms with van der Waals surface area (Å²) in [6.45, 7) is 2.14. The Bertz CT molecular complexity index is 2430. The van der Waals surface area contributed by atoms with E-state index in [4.69, 9.17) is 16.3 Å². The van der Waals surface area contributed by atoms with Crippen LogP contribution in [0.1, 0.15) is 41.5 Å². The third-order valence-corrected chi connectivity index (χ3v) is 9.88. The van der Waals surface area contributed by atoms with E-state index >= 15 is 0 Å². The van der Waals surface area contributed by atoms with Crippen LogP contribution in [-0.4, -0.2) is 33.6 Å². The normalized spacial score (nSPS) is 11.3. The number of non-ortho nitro benzene ring substituents is 1. The smallest absolute Gasteiger partial charge is 0.351 e. The maximum atomic E-state index is 13.7. The fourth-order valence-electron chi connectivity index (χ4n) is 5.55. The van der Waals surface area contributed by atoms with Crippen molar-refractivity contribution in [1.82, 2.24) is 19.1 Å². The number of nitrogens with zero attached hydrogens (tertiary/aromatic N) is 4. The molecule has 1 heterocycles. The van der Waals surface area contributed by atoms with E-state index in [0.717, 1.165) is 23.1 Å². The van der Waals surface area contributed by atoms with E-state index in [2.05, 4.69) is 9.82 Å². The van der Waals surface area contributed by atoms with Crippen molar-refractivity contribution < 1.29 is 22.9 Å². The standard InChI is InChI=1S/C38H32ClN5O7S/c1-2-3-17-36-40-43(33-24-28(44(47)48)22-23-32(33)39)38(46)42(36)25-26-18-20-27(21-19-26)30-13-8-10-16-35(30)52(49,50)41-37(45)31-14-7-9-15-34(31)51-29-11-5-4-6-12-29/h4-16,18-24H,2-3,17,25H2,1H3,(H,41,45). The monoisotopic (exact) mass is 737 g/mol. The Morgan fingerprint density at radius 3 is 2.35 bits per heavy atom. The molecule has 0 atom stereocenters. The highest BCUT2D eigenvalue weighted by atomic mass is 35.5. The molecule has 0 unspecified atom stereocenters. The first kappa shape index (κ1) is 35.8. The molecule has 0 aliphatic carbocycles. The third-order valence-electron chi connectivity index (χ3n) is 8.17. The fourth-order valence-corrected chi connectivity index (χ4v) is 6.95. The summed E-state index contributed by atoms with van der Waals surface area (Å²) in [6.07, 6.45) is 2.10. The summed E-state index contributed by atoms with van der Waals surface area (Å²) in [5.74, 6) is 0.317. The largest absolute Gasteiger partial charge is 0.457 e. The van der Waals surface area contributed by atoms with Gasteiger partial charge in [-0.3, -0.25) is 19.5 Å². The summed E-state index contributed by atoms with van der Waals surface area (Å²) in [4.78, 5) is 37.7. The van der Waals surface area contributed by atoms with Crippen molar-refractivity contribution in [2.24, 2.45) is 0 Å². The van der Waals surface area contributed by atoms with Crippen LogP contribution >= 0.6 is 11.6 Å². The number of carbonyl (C=O) groups is 1. The number of ether oxygens (including phenoxy) is 1. The molecule has 264 valence electrons. The summed E-state index contributed by atoms with van der Waals surface area (Å²) >= 11 is 6.35. The number of aromatic nitrogens is 3. The molecular weight excluding hydrogens is 706 g/mol. The number of halogens is 1. The number of carbonyl (C=O) groups excluding carboxylic acids is 1. The van der Waals surface area contributed by atoms with Gasteiger partial charge in [-0.2, -0.15) is 4.68 Å². The zero-order valence-electron chi connectivity index (χ0n) is 27.8. The lowest BCUT2D eigenvalue weighted by atomic mass is 10.0. The molecule has 0 fully saturated rings. The number of rotatable bonds is 13. The molecule has 52 heavy (non-hydrogen) atoms. The van der Waals surface area contributed by atoms with E-state index in [0.29, 0.717) is 29.1 Å². The number of hydrogen-bond acceptors (Lipinski definition) is 8. The predicted molar refractivity (Wildman–Crippen MR) is 197 cm³/mol. The summed E-state index contributed by atoms with van der Waals surface area (Å²) in [6, 6.07) is 32.3. The molecule has 5 aromatic carbocycles. The lowest BCUT2D eigenvalue weighted by Crippen LogP contribution is -2.31. The first-order valence-corrected chi connectivity index (χ1v) is 18.1. The van der Waals surface area contributed by atoms with Crippen molar-refractivity contribution in [2.45, 2.75) is 37.6 Å². The number of nitro benzene ring substituents is 1. The highest BCUT2D eigenvalue weighted by Gasteiger charge is 2.25. The van der Waals surface area contributed by atoms with Crippen molar-refractivity contribution >= 4 is 33.2 Å². The van der Waals surface area contributed by atoms with E-state index in [1.54, 1.807) is 84.9 Å². The van der Waals surface area contributed by atoms with Gasteiger partial charge in [-0.05, 0) is 53.9 Å². The van der Waals surface area contributed by atoms with Gasteiger partial charge in [0, 0.05) is 24.1 Å². The number of nitrogens with one attached hydrogen (secondary N) is 1. The second-order valence-electron chi connectivity index (χ2n) is 11.7. The maximum absolute atomic E-state index is 13.7. The molecule has 1 aromatic heterocycles. The maximum Gasteiger partial charge on any atom is 0.351 e. The Morgan fingerprint density at radius 2 is 1.62 bits per heavy atom. The lowest BCUT2D eigenvalue weighted by molar-refractivity contribution is -0.384. The number of para-hydroxylation sites is 2. The molecule has 0 aliphatic rings. The predicted octanol–water partition coefficient (Wildman–Crippen LogP) is 7.56. The van der Waals surface area contributed by atoms with Crippen LogP contribution in [0.15, 0.2) is 131 Å². The van der Waals surface area contributed by atoms with Gasteiger partial charge in [-0.1, -0.05) is 97.7 Å². The van der Waals surface area contributed by atoms with Gasteiger partial charge in [0.05, 0.1) is 32.6 Å². The van der Waals surface area contributed by atoms with Gasteiger partial charge in [0.15, 0.2) is 0 Å². The van der Waals surface area contributed by atoms with Crippen LogP contribution in [0.25, 0.3) is 16.8 Å². The quantitative estimate of drug-likeness (QED) is 0.0940. The first-order chi connectivity index (χ1) is 25.1. The van der Waals surface area contributed by atoms with Gasteiger partial charge < -0.3 is 4.74 Å². The van der Waals surface area contributed by atoms with Crippen molar-refractivity contribution in [3.63, 3.8) is 0 Å². The lowest BCUT2D eigenvalue weighted by Gasteiger charge is -2.14. The van der Waals surface area contributed by atoms with Crippen molar-refractivity contribution in [3.8, 4) is 28.3 Å². The summed E-state index contributed by atoms with van der Waals surface area (Å²) in [5.41, 5.74) is 1.04. The first-order valence-electron chi connectivity index (χ1n) is 16.3. The molecule has 0 saturated carbocycles. The van der Waals surface area contributed by atoms with Crippen LogP contribution in [0.5, 0.6) is 11.5 Å². The average molecular weight is 738 g/mol. The molecule has 0 spiro atoms. The third kappa shape index (κ3) is 7.80. The van der Waals surface area contributed by atoms with E-state index in [-0.39, 0.29) is 39.2 Å². The molecular formula is C38H32ClN5O7S. The van der Waals surface area contributed by atoms with Crippen LogP contribution < -0.4 is 15.1 Å². The number of sulfonamides is 1. The van der Waals surface area contributed by atoms with Crippen LogP contribution in [0.2, 0.25) is 5.02 Å². The average Bonchev–Trinajstić information content (AvgIpc) is 3.45. The Hall–Kier alpha value is -6.05. The topological polar surface area (TPSA) is 155 Å². The number of unbranched alkanes of at least 4 members (excludes halogenated alkanes) is 1. The molecule has 0 saturated heterocycles. The van der Waals surface area contributed by atoms with E-state index in [1.165, 1.54) is 34.9 Å². The van der Waals surface area contributed by atoms with Gasteiger partial charge >= 0.3 is 5.69 Å². The van der Waals surface area contributed by atoms with Gasteiger partial charge in [0.2, 0.25) is 0 Å². The highest BCUT2D eigenvalue weighted by molar-refractivity contribution is 7.90. The van der Waals surface area contributed by atoms with Gasteiger partial charge in [0.1, 0.15) is 17.3 Å². The van der Waals surface area contributed by atoms with Crippen molar-refractivity contribution in [3.05, 3.63) is 164 Å². The Morgan fingerprint density at radius 1 is 0.923 bits per heavy atom. The summed E-state index contributed by atoms with van der Waals surface area (Å²) in [7, 11) is -4.36. The molecule has 1 N–H and O–H groups in total. The van der Waals surface area contributed by atoms with Crippen LogP contribution in [0, 0.1) is 10.1 Å². The Labute approximate surface area is 304 Å². The Balaban J connectivity index is 1.26. The molecule has 0 bridgehead atoms. The van der Waals surface area contributed by atoms with Gasteiger partial charge in [-0.15, -0.1) is 5.10 Å². The second kappa shape index (κ2) is 15.5. The number of nitro groups is 1. The fraction of sp³-hybridized carbons (Fsp3) is 0.132. The molecule has 14 heteroatoms. The highest BCUT2D eigenvalue weighted by Crippen LogP contribution is 2.30. The van der Waals surface area contributed by atoms with Gasteiger partial charge in [0.25, 0.3) is 21.6 Å². The number of hydrogen-bond donors (Lipinski definition) is 1. The summed E-state index contributed by atoms with van der Waals surface area (Å²) in [5, 5.41) is 16.0. The van der Waals surface area contributed by atoms with E-state index < -0.39 is 26.5 Å². The molecule has 6 rings (SSSR count). The molecule has 6 aromatic rings. The van der Waals surface area contributed by atoms with E-state index in [9.17, 15) is 28.1 Å². The SMILES string of the molecule is CCCCc1nn(-c2cc([N+](=O)[O-])ccc2Cl)c(=O)n1Cc1ccc(-c2ccccc2S(=O)(=O)NC(=O)c2ccccc2Oc2ccccc2)cc1. The minimum Gasteiger partial charge on any atom is -0.457 e. The van der Waals surface area contributed by atoms with Crippen LogP contribution in [-0.2, 0) is 23.0 Å². The van der Waals surface area contributed by atoms with Gasteiger partial charge in [-0.25, -0.2) is 17.9 Å². The molecule has 12 nitrogen and oxygen atoms in total. The Kier molecular flexibility index (Phi) is 10.6. The van der Waals surface area contributed by atoms with Crippen molar-refractivity contribution in [1.29, 1.82) is 0 Å². The number of amides is 1. The van der Waals surface area contributed by atoms with Crippen LogP contribution in [0.4, 0.5) is 5.69 Å². The minimum absolute atomic E-state index is 0.0430. The summed E-state index contributed by atoms with van der Waals surface area (Å²) < 4.78 is 38.0. The zero-order valence-corrected chi connectivity index (χ0v) is 29.4. The van der Waals surface area contributed by atoms with Crippen LogP contribution in [0.3, 0.4) is 0 Å². The number of benzene rings is 5. The minimum atomic E-state index is -4.36. The molecule has 0 aliphatic heterocycles.